The molecule has 0 aromatic heterocycles. The van der Waals surface area contributed by atoms with Crippen LogP contribution in [0, 0.1) is 5.92 Å². The van der Waals surface area contributed by atoms with E-state index in [9.17, 15) is 9.90 Å². The number of hydrogen-bond acceptors (Lipinski definition) is 4. The number of aliphatic hydroxyl groups excluding tert-OH is 1. The number of unbranched alkanes of at least 4 members (excludes halogenated alkanes) is 2. The third kappa shape index (κ3) is 5.51. The molecule has 2 aliphatic rings. The van der Waals surface area contributed by atoms with Crippen molar-refractivity contribution in [1.29, 1.82) is 0 Å². The summed E-state index contributed by atoms with van der Waals surface area (Å²) in [5, 5.41) is 19.6. The highest BCUT2D eigenvalue weighted by Crippen LogP contribution is 2.62. The van der Waals surface area contributed by atoms with Crippen LogP contribution in [0.3, 0.4) is 0 Å². The molecular formula is C24H34I2O5. The molecule has 0 spiro atoms. The number of carbonyl (C=O) groups is 1. The summed E-state index contributed by atoms with van der Waals surface area (Å²) < 4.78 is 11.6. The zero-order chi connectivity index (χ0) is 22.6. The van der Waals surface area contributed by atoms with Crippen LogP contribution in [0.25, 0.3) is 0 Å². The Morgan fingerprint density at radius 2 is 2.03 bits per heavy atom. The van der Waals surface area contributed by atoms with E-state index in [1.807, 2.05) is 12.1 Å². The van der Waals surface area contributed by atoms with Crippen LogP contribution in [0.2, 0.25) is 0 Å². The maximum absolute atomic E-state index is 11.0. The molecule has 7 heteroatoms. The van der Waals surface area contributed by atoms with Gasteiger partial charge in [0.1, 0.15) is 5.75 Å². The lowest BCUT2D eigenvalue weighted by Crippen LogP contribution is -2.50. The molecule has 0 aliphatic heterocycles. The Morgan fingerprint density at radius 1 is 1.26 bits per heavy atom. The Kier molecular flexibility index (Phi) is 8.93. The predicted octanol–water partition coefficient (Wildman–Crippen LogP) is 5.35. The highest BCUT2D eigenvalue weighted by molar-refractivity contribution is 14.1. The Hall–Kier alpha value is -0.130. The molecule has 2 N–H and O–H groups in total. The largest absolute Gasteiger partial charge is 0.482 e. The quantitative estimate of drug-likeness (QED) is 0.191. The second kappa shape index (κ2) is 10.9. The summed E-state index contributed by atoms with van der Waals surface area (Å²) in [6, 6.07) is 6.00. The van der Waals surface area contributed by atoms with Gasteiger partial charge in [-0.25, -0.2) is 4.79 Å². The second-order valence-corrected chi connectivity index (χ2v) is 13.1. The molecule has 3 rings (SSSR count). The monoisotopic (exact) mass is 656 g/mol. The normalized spacial score (nSPS) is 30.5. The Bertz CT molecular complexity index is 772. The number of fused-ring (bicyclic) bond motifs is 2. The summed E-state index contributed by atoms with van der Waals surface area (Å²) in [7, 11) is 1.81. The molecule has 0 amide bonds. The first-order valence-corrected chi connectivity index (χ1v) is 13.4. The van der Waals surface area contributed by atoms with Gasteiger partial charge in [-0.15, -0.1) is 0 Å². The van der Waals surface area contributed by atoms with Crippen molar-refractivity contribution < 1.29 is 24.5 Å². The Labute approximate surface area is 212 Å². The number of alkyl halides is 2. The topological polar surface area (TPSA) is 76.0 Å². The van der Waals surface area contributed by atoms with Gasteiger partial charge in [-0.3, -0.25) is 0 Å². The number of carboxylic acids is 1. The van der Waals surface area contributed by atoms with Gasteiger partial charge < -0.3 is 19.7 Å². The van der Waals surface area contributed by atoms with E-state index in [2.05, 4.69) is 58.2 Å². The number of methoxy groups -OCH3 is 1. The first-order chi connectivity index (χ1) is 14.7. The molecule has 1 aromatic rings. The molecule has 2 aliphatic carbocycles. The number of rotatable bonds is 11. The average molecular weight is 656 g/mol. The SMILES string of the molecule is CCCCC[C@H](O)CC[C@H]1[C@H](OC)C[C@]2(I)Cc3c(cccc3OCC(=O)O)C[C@]12I. The Morgan fingerprint density at radius 3 is 2.71 bits per heavy atom. The molecule has 0 bridgehead atoms. The molecule has 31 heavy (non-hydrogen) atoms. The van der Waals surface area contributed by atoms with Crippen LogP contribution in [0.15, 0.2) is 18.2 Å². The minimum Gasteiger partial charge on any atom is -0.482 e. The van der Waals surface area contributed by atoms with E-state index in [1.165, 1.54) is 18.4 Å². The van der Waals surface area contributed by atoms with Crippen molar-refractivity contribution in [1.82, 2.24) is 0 Å². The fourth-order valence-electron chi connectivity index (χ4n) is 5.38. The van der Waals surface area contributed by atoms with Gasteiger partial charge in [0, 0.05) is 19.9 Å². The predicted molar refractivity (Wildman–Crippen MR) is 139 cm³/mol. The minimum absolute atomic E-state index is 0.000483. The van der Waals surface area contributed by atoms with Gasteiger partial charge in [-0.1, -0.05) is 83.5 Å². The third-order valence-corrected chi connectivity index (χ3v) is 12.1. The molecular weight excluding hydrogens is 622 g/mol. The molecule has 1 saturated carbocycles. The smallest absolute Gasteiger partial charge is 0.341 e. The molecule has 5 nitrogen and oxygen atoms in total. The van der Waals surface area contributed by atoms with Gasteiger partial charge in [0.2, 0.25) is 0 Å². The summed E-state index contributed by atoms with van der Waals surface area (Å²) in [6.07, 6.45) is 8.74. The van der Waals surface area contributed by atoms with Crippen molar-refractivity contribution in [2.75, 3.05) is 13.7 Å². The van der Waals surface area contributed by atoms with Gasteiger partial charge in [0.15, 0.2) is 6.61 Å². The fourth-order valence-corrected chi connectivity index (χ4v) is 8.32. The van der Waals surface area contributed by atoms with Gasteiger partial charge in [-0.2, -0.15) is 0 Å². The number of aliphatic hydroxyl groups is 1. The van der Waals surface area contributed by atoms with Crippen LogP contribution in [-0.4, -0.2) is 49.0 Å². The van der Waals surface area contributed by atoms with E-state index in [4.69, 9.17) is 14.6 Å². The van der Waals surface area contributed by atoms with Crippen LogP contribution in [0.5, 0.6) is 5.75 Å². The molecule has 1 aromatic carbocycles. The molecule has 0 unspecified atom stereocenters. The van der Waals surface area contributed by atoms with E-state index in [-0.39, 0.29) is 25.7 Å². The fraction of sp³-hybridized carbons (Fsp3) is 0.708. The summed E-state index contributed by atoms with van der Waals surface area (Å²) >= 11 is 5.31. The number of hydrogen-bond donors (Lipinski definition) is 2. The molecule has 0 saturated heterocycles. The van der Waals surface area contributed by atoms with E-state index in [0.717, 1.165) is 50.5 Å². The standard InChI is InChI=1S/C24H34I2O5/c1-3-4-5-8-17(27)10-11-19-21(30-2)14-23(25)13-18-16(12-24(19,23)26)7-6-9-20(18)31-15-22(28)29/h6-7,9,17,19,21,27H,3-5,8,10-15H2,1-2H3,(H,28,29)/t17-,19-,21+,23+,24-/m0/s1. The van der Waals surface area contributed by atoms with E-state index < -0.39 is 5.97 Å². The van der Waals surface area contributed by atoms with Crippen LogP contribution in [0.1, 0.15) is 63.0 Å². The van der Waals surface area contributed by atoms with Crippen LogP contribution >= 0.6 is 45.2 Å². The van der Waals surface area contributed by atoms with Gasteiger partial charge in [0.25, 0.3) is 0 Å². The van der Waals surface area contributed by atoms with Gasteiger partial charge in [0.05, 0.1) is 12.2 Å². The number of ether oxygens (including phenoxy) is 2. The van der Waals surface area contributed by atoms with Crippen LogP contribution < -0.4 is 4.74 Å². The summed E-state index contributed by atoms with van der Waals surface area (Å²) in [4.78, 5) is 11.0. The highest BCUT2D eigenvalue weighted by atomic mass is 127. The first kappa shape index (κ1) is 25.5. The van der Waals surface area contributed by atoms with Crippen LogP contribution in [-0.2, 0) is 22.4 Å². The lowest BCUT2D eigenvalue weighted by molar-refractivity contribution is -0.139. The van der Waals surface area contributed by atoms with Gasteiger partial charge >= 0.3 is 5.97 Å². The Balaban J connectivity index is 1.80. The summed E-state index contributed by atoms with van der Waals surface area (Å²) in [6.45, 7) is 1.87. The van der Waals surface area contributed by atoms with E-state index >= 15 is 0 Å². The minimum atomic E-state index is -0.960. The lowest BCUT2D eigenvalue weighted by atomic mass is 9.73. The van der Waals surface area contributed by atoms with Crippen molar-refractivity contribution in [2.24, 2.45) is 5.92 Å². The number of halogens is 2. The van der Waals surface area contributed by atoms with Crippen molar-refractivity contribution in [3.63, 3.8) is 0 Å². The number of aliphatic carboxylic acids is 1. The maximum Gasteiger partial charge on any atom is 0.341 e. The number of carboxylic acid groups (broad SMARTS) is 1. The average Bonchev–Trinajstić information content (AvgIpc) is 2.94. The zero-order valence-corrected chi connectivity index (χ0v) is 22.7. The summed E-state index contributed by atoms with van der Waals surface area (Å²) in [5.74, 6) is 0.101. The number of benzene rings is 1. The van der Waals surface area contributed by atoms with Crippen molar-refractivity contribution in [2.45, 2.75) is 83.8 Å². The van der Waals surface area contributed by atoms with E-state index in [1.54, 1.807) is 7.11 Å². The second-order valence-electron chi connectivity index (χ2n) is 9.07. The van der Waals surface area contributed by atoms with Gasteiger partial charge in [-0.05, 0) is 55.7 Å². The zero-order valence-electron chi connectivity index (χ0n) is 18.4. The molecule has 0 radical (unpaired) electrons. The highest BCUT2D eigenvalue weighted by Gasteiger charge is 2.63. The maximum atomic E-state index is 11.0. The summed E-state index contributed by atoms with van der Waals surface area (Å²) in [5.41, 5.74) is 2.38. The van der Waals surface area contributed by atoms with Crippen LogP contribution in [0.4, 0.5) is 0 Å². The van der Waals surface area contributed by atoms with Crippen molar-refractivity contribution in [3.8, 4) is 5.75 Å². The lowest BCUT2D eigenvalue weighted by Gasteiger charge is -2.46. The molecule has 0 heterocycles. The third-order valence-electron chi connectivity index (χ3n) is 7.05. The molecule has 5 atom stereocenters. The van der Waals surface area contributed by atoms with Crippen molar-refractivity contribution in [3.05, 3.63) is 29.3 Å². The molecule has 1 fully saturated rings. The van der Waals surface area contributed by atoms with Crippen molar-refractivity contribution >= 4 is 51.2 Å². The van der Waals surface area contributed by atoms with E-state index in [0.29, 0.717) is 11.7 Å². The molecule has 174 valence electrons. The first-order valence-electron chi connectivity index (χ1n) is 11.3.